The maximum atomic E-state index is 12.5. The van der Waals surface area contributed by atoms with Crippen molar-refractivity contribution in [3.63, 3.8) is 0 Å². The lowest BCUT2D eigenvalue weighted by Crippen LogP contribution is -2.48. The number of carbonyl (C=O) groups excluding carboxylic acids is 2. The number of hydrogen-bond donors (Lipinski definition) is 1. The third kappa shape index (κ3) is 3.23. The molecule has 0 saturated carbocycles. The largest absolute Gasteiger partial charge is 0.463 e. The lowest BCUT2D eigenvalue weighted by atomic mass is 9.91. The van der Waals surface area contributed by atoms with E-state index in [1.165, 1.54) is 0 Å². The summed E-state index contributed by atoms with van der Waals surface area (Å²) < 4.78 is 5.23. The van der Waals surface area contributed by atoms with Gasteiger partial charge in [0.1, 0.15) is 0 Å². The third-order valence-electron chi connectivity index (χ3n) is 4.15. The molecule has 1 aromatic rings. The molecular weight excluding hydrogens is 292 g/mol. The molecule has 1 N–H and O–H groups in total. The predicted molar refractivity (Wildman–Crippen MR) is 88.9 cm³/mol. The molecule has 1 aliphatic rings. The van der Waals surface area contributed by atoms with Crippen LogP contribution in [0.3, 0.4) is 0 Å². The van der Waals surface area contributed by atoms with Crippen LogP contribution in [0, 0.1) is 13.8 Å². The molecule has 0 saturated heterocycles. The van der Waals surface area contributed by atoms with Crippen molar-refractivity contribution in [2.45, 2.75) is 40.7 Å². The Balaban J connectivity index is 2.59. The van der Waals surface area contributed by atoms with Crippen molar-refractivity contribution in [3.8, 4) is 0 Å². The van der Waals surface area contributed by atoms with Gasteiger partial charge in [0.25, 0.3) is 0 Å². The molecule has 124 valence electrons. The third-order valence-corrected chi connectivity index (χ3v) is 4.15. The van der Waals surface area contributed by atoms with E-state index in [0.29, 0.717) is 24.4 Å². The second-order valence-corrected chi connectivity index (χ2v) is 5.71. The highest BCUT2D eigenvalue weighted by molar-refractivity contribution is 5.95. The summed E-state index contributed by atoms with van der Waals surface area (Å²) in [7, 11) is 0. The van der Waals surface area contributed by atoms with Crippen LogP contribution in [0.2, 0.25) is 0 Å². The number of amides is 2. The molecule has 1 heterocycles. The summed E-state index contributed by atoms with van der Waals surface area (Å²) >= 11 is 0. The summed E-state index contributed by atoms with van der Waals surface area (Å²) in [5, 5.41) is 2.95. The van der Waals surface area contributed by atoms with Gasteiger partial charge in [-0.15, -0.1) is 0 Å². The van der Waals surface area contributed by atoms with Crippen LogP contribution < -0.4 is 5.32 Å². The molecule has 0 radical (unpaired) electrons. The Hall–Kier alpha value is -2.30. The van der Waals surface area contributed by atoms with Crippen LogP contribution in [-0.4, -0.2) is 30.1 Å². The van der Waals surface area contributed by atoms with E-state index >= 15 is 0 Å². The van der Waals surface area contributed by atoms with Gasteiger partial charge >= 0.3 is 12.0 Å². The minimum absolute atomic E-state index is 0.191. The monoisotopic (exact) mass is 316 g/mol. The maximum Gasteiger partial charge on any atom is 0.338 e. The van der Waals surface area contributed by atoms with Crippen molar-refractivity contribution in [1.29, 1.82) is 0 Å². The molecule has 2 amide bonds. The molecule has 0 aliphatic carbocycles. The quantitative estimate of drug-likeness (QED) is 0.868. The van der Waals surface area contributed by atoms with Gasteiger partial charge in [-0.1, -0.05) is 23.8 Å². The number of rotatable bonds is 4. The van der Waals surface area contributed by atoms with Crippen molar-refractivity contribution in [3.05, 3.63) is 46.2 Å². The number of carbonyl (C=O) groups is 2. The molecule has 1 unspecified atom stereocenters. The highest BCUT2D eigenvalue weighted by Gasteiger charge is 2.36. The molecule has 5 nitrogen and oxygen atoms in total. The standard InChI is InChI=1S/C18H24N2O3/c1-6-20-13(5)15(17(21)23-7-2)16(19-18(20)22)14-10-11(3)8-9-12(14)4/h8-10,16H,6-7H2,1-5H3,(H,19,22). The van der Waals surface area contributed by atoms with Gasteiger partial charge in [-0.25, -0.2) is 9.59 Å². The van der Waals surface area contributed by atoms with Crippen molar-refractivity contribution >= 4 is 12.0 Å². The summed E-state index contributed by atoms with van der Waals surface area (Å²) in [5.41, 5.74) is 4.19. The Morgan fingerprint density at radius 1 is 1.26 bits per heavy atom. The molecule has 23 heavy (non-hydrogen) atoms. The van der Waals surface area contributed by atoms with Crippen LogP contribution in [0.1, 0.15) is 43.5 Å². The molecule has 0 spiro atoms. The normalized spacial score (nSPS) is 18.0. The summed E-state index contributed by atoms with van der Waals surface area (Å²) in [4.78, 5) is 26.4. The minimum Gasteiger partial charge on any atom is -0.463 e. The summed E-state index contributed by atoms with van der Waals surface area (Å²) in [5.74, 6) is -0.380. The molecule has 0 aromatic heterocycles. The fraction of sp³-hybridized carbons (Fsp3) is 0.444. The lowest BCUT2D eigenvalue weighted by Gasteiger charge is -2.35. The Morgan fingerprint density at radius 3 is 2.57 bits per heavy atom. The van der Waals surface area contributed by atoms with E-state index in [1.54, 1.807) is 18.7 Å². The van der Waals surface area contributed by atoms with Gasteiger partial charge in [-0.2, -0.15) is 0 Å². The Morgan fingerprint density at radius 2 is 1.96 bits per heavy atom. The molecule has 1 atom stereocenters. The summed E-state index contributed by atoms with van der Waals surface area (Å²) in [6.45, 7) is 10.2. The Kier molecular flexibility index (Phi) is 5.08. The topological polar surface area (TPSA) is 58.6 Å². The first-order valence-electron chi connectivity index (χ1n) is 7.93. The molecule has 0 fully saturated rings. The number of nitrogens with zero attached hydrogens (tertiary/aromatic N) is 1. The van der Waals surface area contributed by atoms with Crippen LogP contribution in [0.25, 0.3) is 0 Å². The average Bonchev–Trinajstić information content (AvgIpc) is 2.49. The zero-order valence-electron chi connectivity index (χ0n) is 14.4. The highest BCUT2D eigenvalue weighted by atomic mass is 16.5. The fourth-order valence-electron chi connectivity index (χ4n) is 2.94. The molecule has 5 heteroatoms. The smallest absolute Gasteiger partial charge is 0.338 e. The number of allylic oxidation sites excluding steroid dienone is 1. The molecule has 2 rings (SSSR count). The van der Waals surface area contributed by atoms with Gasteiger partial charge in [0.05, 0.1) is 18.2 Å². The van der Waals surface area contributed by atoms with Crippen molar-refractivity contribution in [2.75, 3.05) is 13.2 Å². The molecule has 1 aliphatic heterocycles. The van der Waals surface area contributed by atoms with E-state index in [9.17, 15) is 9.59 Å². The number of hydrogen-bond acceptors (Lipinski definition) is 3. The van der Waals surface area contributed by atoms with E-state index in [1.807, 2.05) is 39.0 Å². The van der Waals surface area contributed by atoms with Gasteiger partial charge < -0.3 is 10.1 Å². The molecule has 0 bridgehead atoms. The summed E-state index contributed by atoms with van der Waals surface area (Å²) in [6.07, 6.45) is 0. The number of urea groups is 1. The number of ether oxygens (including phenoxy) is 1. The second-order valence-electron chi connectivity index (χ2n) is 5.71. The van der Waals surface area contributed by atoms with Gasteiger partial charge in [-0.3, -0.25) is 4.90 Å². The number of aryl methyl sites for hydroxylation is 2. The lowest BCUT2D eigenvalue weighted by molar-refractivity contribution is -0.139. The van der Waals surface area contributed by atoms with E-state index < -0.39 is 6.04 Å². The van der Waals surface area contributed by atoms with E-state index in [0.717, 1.165) is 16.7 Å². The van der Waals surface area contributed by atoms with Crippen molar-refractivity contribution < 1.29 is 14.3 Å². The fourth-order valence-corrected chi connectivity index (χ4v) is 2.94. The van der Waals surface area contributed by atoms with Crippen LogP contribution in [0.4, 0.5) is 4.79 Å². The summed E-state index contributed by atoms with van der Waals surface area (Å²) in [6, 6.07) is 5.35. The molecular formula is C18H24N2O3. The van der Waals surface area contributed by atoms with Gasteiger partial charge in [0.2, 0.25) is 0 Å². The predicted octanol–water partition coefficient (Wildman–Crippen LogP) is 3.23. The minimum atomic E-state index is -0.482. The first-order chi connectivity index (χ1) is 10.9. The van der Waals surface area contributed by atoms with Gasteiger partial charge in [0, 0.05) is 12.2 Å². The Bertz CT molecular complexity index is 664. The van der Waals surface area contributed by atoms with E-state index in [2.05, 4.69) is 5.32 Å². The van der Waals surface area contributed by atoms with Crippen LogP contribution in [0.5, 0.6) is 0 Å². The zero-order valence-corrected chi connectivity index (χ0v) is 14.4. The molecule has 1 aromatic carbocycles. The van der Waals surface area contributed by atoms with Crippen molar-refractivity contribution in [1.82, 2.24) is 10.2 Å². The highest BCUT2D eigenvalue weighted by Crippen LogP contribution is 2.33. The van der Waals surface area contributed by atoms with Crippen LogP contribution >= 0.6 is 0 Å². The first-order valence-corrected chi connectivity index (χ1v) is 7.93. The Labute approximate surface area is 137 Å². The van der Waals surface area contributed by atoms with E-state index in [4.69, 9.17) is 4.74 Å². The van der Waals surface area contributed by atoms with Crippen molar-refractivity contribution in [2.24, 2.45) is 0 Å². The van der Waals surface area contributed by atoms with E-state index in [-0.39, 0.29) is 12.0 Å². The van der Waals surface area contributed by atoms with Gasteiger partial charge in [0.15, 0.2) is 0 Å². The second kappa shape index (κ2) is 6.86. The van der Waals surface area contributed by atoms with Gasteiger partial charge in [-0.05, 0) is 45.7 Å². The average molecular weight is 316 g/mol. The van der Waals surface area contributed by atoms with Crippen LogP contribution in [0.15, 0.2) is 29.5 Å². The zero-order chi connectivity index (χ0) is 17.1. The number of nitrogens with one attached hydrogen (secondary N) is 1. The SMILES string of the molecule is CCOC(=O)C1=C(C)N(CC)C(=O)NC1c1cc(C)ccc1C. The maximum absolute atomic E-state index is 12.5. The number of esters is 1. The number of benzene rings is 1. The van der Waals surface area contributed by atoms with Crippen LogP contribution in [-0.2, 0) is 9.53 Å². The first kappa shape index (κ1) is 17.1.